The zero-order valence-corrected chi connectivity index (χ0v) is 20.5. The van der Waals surface area contributed by atoms with Gasteiger partial charge in [0.2, 0.25) is 0 Å². The molecule has 2 atom stereocenters. The molecule has 2 unspecified atom stereocenters. The molecule has 1 saturated heterocycles. The maximum atomic E-state index is 6.32. The highest BCUT2D eigenvalue weighted by molar-refractivity contribution is 9.10. The predicted molar refractivity (Wildman–Crippen MR) is 136 cm³/mol. The largest absolute Gasteiger partial charge is 0.489 e. The van der Waals surface area contributed by atoms with Gasteiger partial charge in [0, 0.05) is 36.7 Å². The molecule has 0 aliphatic carbocycles. The van der Waals surface area contributed by atoms with Crippen LogP contribution in [0.25, 0.3) is 0 Å². The quantitative estimate of drug-likeness (QED) is 0.446. The summed E-state index contributed by atoms with van der Waals surface area (Å²) in [6.45, 7) is 5.54. The topological polar surface area (TPSA) is 33.7 Å². The molecule has 1 fully saturated rings. The molecule has 4 nitrogen and oxygen atoms in total. The lowest BCUT2D eigenvalue weighted by Crippen LogP contribution is -2.45. The van der Waals surface area contributed by atoms with Gasteiger partial charge in [0.15, 0.2) is 0 Å². The number of ether oxygens (including phenoxy) is 2. The molecule has 2 aliphatic rings. The summed E-state index contributed by atoms with van der Waals surface area (Å²) in [4.78, 5) is 2.60. The third kappa shape index (κ3) is 5.67. The van der Waals surface area contributed by atoms with Gasteiger partial charge in [-0.25, -0.2) is 0 Å². The molecule has 3 aromatic rings. The fraction of sp³-hybridized carbons (Fsp3) is 0.357. The van der Waals surface area contributed by atoms with Gasteiger partial charge in [-0.15, -0.1) is 0 Å². The number of nitrogens with one attached hydrogen (secondary N) is 1. The number of fused-ring (bicyclic) bond motifs is 1. The molecule has 0 radical (unpaired) electrons. The fourth-order valence-electron chi connectivity index (χ4n) is 4.92. The Morgan fingerprint density at radius 1 is 1.00 bits per heavy atom. The van der Waals surface area contributed by atoms with Crippen LogP contribution in [-0.4, -0.2) is 37.7 Å². The summed E-state index contributed by atoms with van der Waals surface area (Å²) in [6, 6.07) is 25.9. The van der Waals surface area contributed by atoms with E-state index in [-0.39, 0.29) is 6.10 Å². The summed E-state index contributed by atoms with van der Waals surface area (Å²) in [5, 5.41) is 3.49. The van der Waals surface area contributed by atoms with Crippen LogP contribution in [0.4, 0.5) is 0 Å². The number of benzene rings is 3. The van der Waals surface area contributed by atoms with E-state index in [9.17, 15) is 0 Å². The molecule has 3 aromatic carbocycles. The molecule has 172 valence electrons. The van der Waals surface area contributed by atoms with Crippen molar-refractivity contribution in [3.63, 3.8) is 0 Å². The minimum Gasteiger partial charge on any atom is -0.489 e. The van der Waals surface area contributed by atoms with Crippen molar-refractivity contribution >= 4 is 15.9 Å². The van der Waals surface area contributed by atoms with Crippen molar-refractivity contribution in [3.8, 4) is 5.75 Å². The smallest absolute Gasteiger partial charge is 0.119 e. The van der Waals surface area contributed by atoms with Gasteiger partial charge >= 0.3 is 0 Å². The van der Waals surface area contributed by atoms with Crippen LogP contribution < -0.4 is 10.1 Å². The van der Waals surface area contributed by atoms with Crippen molar-refractivity contribution in [1.82, 2.24) is 10.2 Å². The summed E-state index contributed by atoms with van der Waals surface area (Å²) < 4.78 is 13.5. The summed E-state index contributed by atoms with van der Waals surface area (Å²) >= 11 is 3.63. The lowest BCUT2D eigenvalue weighted by molar-refractivity contribution is 0.0119. The van der Waals surface area contributed by atoms with Crippen LogP contribution in [-0.2, 0) is 17.8 Å². The third-order valence-electron chi connectivity index (χ3n) is 6.69. The van der Waals surface area contributed by atoms with Crippen molar-refractivity contribution in [2.45, 2.75) is 31.6 Å². The molecular weight excluding hydrogens is 476 g/mol. The van der Waals surface area contributed by atoms with Gasteiger partial charge in [-0.05, 0) is 59.4 Å². The average Bonchev–Trinajstić information content (AvgIpc) is 2.87. The Balaban J connectivity index is 1.34. The monoisotopic (exact) mass is 506 g/mol. The van der Waals surface area contributed by atoms with E-state index in [1.807, 2.05) is 18.2 Å². The van der Waals surface area contributed by atoms with E-state index >= 15 is 0 Å². The van der Waals surface area contributed by atoms with Crippen LogP contribution in [0.1, 0.15) is 40.8 Å². The van der Waals surface area contributed by atoms with E-state index in [2.05, 4.69) is 80.7 Å². The zero-order chi connectivity index (χ0) is 22.5. The van der Waals surface area contributed by atoms with Crippen LogP contribution in [0.3, 0.4) is 0 Å². The van der Waals surface area contributed by atoms with Crippen LogP contribution in [0.5, 0.6) is 5.75 Å². The van der Waals surface area contributed by atoms with Gasteiger partial charge in [-0.1, -0.05) is 64.5 Å². The second kappa shape index (κ2) is 10.8. The Bertz CT molecular complexity index is 1040. The first-order chi connectivity index (χ1) is 16.3. The second-order valence-corrected chi connectivity index (χ2v) is 9.75. The maximum Gasteiger partial charge on any atom is 0.119 e. The van der Waals surface area contributed by atoms with Gasteiger partial charge in [0.1, 0.15) is 12.4 Å². The molecule has 1 N–H and O–H groups in total. The fourth-order valence-corrected chi connectivity index (χ4v) is 5.33. The Morgan fingerprint density at radius 3 is 2.58 bits per heavy atom. The normalized spacial score (nSPS) is 19.6. The molecule has 33 heavy (non-hydrogen) atoms. The number of hydrogen-bond donors (Lipinski definition) is 1. The van der Waals surface area contributed by atoms with E-state index in [1.165, 1.54) is 22.3 Å². The highest BCUT2D eigenvalue weighted by Crippen LogP contribution is 2.38. The molecular formula is C28H31BrN2O2. The van der Waals surface area contributed by atoms with Crippen molar-refractivity contribution in [3.05, 3.63) is 99.5 Å². The molecule has 2 heterocycles. The second-order valence-electron chi connectivity index (χ2n) is 8.83. The standard InChI is InChI=1S/C28H31BrN2O2/c29-24-8-11-26-23(18-24)12-17-32-28(26)19-27(31-15-13-30-14-16-31)22-6-9-25(10-7-22)33-20-21-4-2-1-3-5-21/h1-11,18,27-28,30H,12-17,19-20H2. The molecule has 2 aliphatic heterocycles. The minimum absolute atomic E-state index is 0.121. The molecule has 0 saturated carbocycles. The molecule has 0 spiro atoms. The lowest BCUT2D eigenvalue weighted by Gasteiger charge is -2.38. The molecule has 0 aromatic heterocycles. The SMILES string of the molecule is Brc1ccc2c(c1)CCOC2CC(c1ccc(OCc2ccccc2)cc1)N1CCNCC1. The zero-order valence-electron chi connectivity index (χ0n) is 18.9. The highest BCUT2D eigenvalue weighted by atomic mass is 79.9. The number of piperazine rings is 1. The van der Waals surface area contributed by atoms with Crippen molar-refractivity contribution in [2.24, 2.45) is 0 Å². The van der Waals surface area contributed by atoms with E-state index in [4.69, 9.17) is 9.47 Å². The van der Waals surface area contributed by atoms with E-state index in [0.29, 0.717) is 12.6 Å². The first-order valence-corrected chi connectivity index (χ1v) is 12.7. The predicted octanol–water partition coefficient (Wildman–Crippen LogP) is 5.68. The Kier molecular flexibility index (Phi) is 7.42. The van der Waals surface area contributed by atoms with Crippen LogP contribution >= 0.6 is 15.9 Å². The van der Waals surface area contributed by atoms with Crippen molar-refractivity contribution in [2.75, 3.05) is 32.8 Å². The molecule has 5 heteroatoms. The first-order valence-electron chi connectivity index (χ1n) is 11.9. The van der Waals surface area contributed by atoms with Gasteiger partial charge in [0.25, 0.3) is 0 Å². The van der Waals surface area contributed by atoms with Gasteiger partial charge < -0.3 is 14.8 Å². The van der Waals surface area contributed by atoms with Gasteiger partial charge in [-0.3, -0.25) is 4.90 Å². The van der Waals surface area contributed by atoms with Gasteiger partial charge in [-0.2, -0.15) is 0 Å². The highest BCUT2D eigenvalue weighted by Gasteiger charge is 2.29. The average molecular weight is 507 g/mol. The van der Waals surface area contributed by atoms with E-state index < -0.39 is 0 Å². The van der Waals surface area contributed by atoms with Crippen LogP contribution in [0.15, 0.2) is 77.3 Å². The van der Waals surface area contributed by atoms with Crippen LogP contribution in [0, 0.1) is 0 Å². The minimum atomic E-state index is 0.121. The number of halogens is 1. The summed E-state index contributed by atoms with van der Waals surface area (Å²) in [7, 11) is 0. The number of rotatable bonds is 7. The number of nitrogens with zero attached hydrogens (tertiary/aromatic N) is 1. The molecule has 0 amide bonds. The summed E-state index contributed by atoms with van der Waals surface area (Å²) in [6.07, 6.45) is 2.06. The van der Waals surface area contributed by atoms with Crippen molar-refractivity contribution < 1.29 is 9.47 Å². The Morgan fingerprint density at radius 2 is 1.79 bits per heavy atom. The maximum absolute atomic E-state index is 6.32. The lowest BCUT2D eigenvalue weighted by atomic mass is 9.90. The molecule has 5 rings (SSSR count). The van der Waals surface area contributed by atoms with Crippen LogP contribution in [0.2, 0.25) is 0 Å². The van der Waals surface area contributed by atoms with E-state index in [0.717, 1.165) is 55.8 Å². The van der Waals surface area contributed by atoms with E-state index in [1.54, 1.807) is 0 Å². The first kappa shape index (κ1) is 22.6. The Labute approximate surface area is 205 Å². The summed E-state index contributed by atoms with van der Waals surface area (Å²) in [5.74, 6) is 0.908. The third-order valence-corrected chi connectivity index (χ3v) is 7.18. The van der Waals surface area contributed by atoms with Gasteiger partial charge in [0.05, 0.1) is 12.7 Å². The molecule has 0 bridgehead atoms. The number of hydrogen-bond acceptors (Lipinski definition) is 4. The van der Waals surface area contributed by atoms with Crippen molar-refractivity contribution in [1.29, 1.82) is 0 Å². The summed E-state index contributed by atoms with van der Waals surface area (Å²) in [5.41, 5.74) is 5.26. The Hall–Kier alpha value is -2.18.